The lowest BCUT2D eigenvalue weighted by Gasteiger charge is -2.04. The summed E-state index contributed by atoms with van der Waals surface area (Å²) in [6, 6.07) is 11.4. The monoisotopic (exact) mass is 311 g/mol. The molecule has 0 amide bonds. The highest BCUT2D eigenvalue weighted by Gasteiger charge is 2.10. The molecule has 0 saturated carbocycles. The van der Waals surface area contributed by atoms with Gasteiger partial charge in [0.05, 0.1) is 16.8 Å². The molecular weight excluding hydrogens is 300 g/mol. The van der Waals surface area contributed by atoms with Crippen molar-refractivity contribution in [2.24, 2.45) is 0 Å². The first-order valence-electron chi connectivity index (χ1n) is 6.81. The van der Waals surface area contributed by atoms with Gasteiger partial charge in [0, 0.05) is 10.9 Å². The van der Waals surface area contributed by atoms with Crippen molar-refractivity contribution in [1.29, 1.82) is 0 Å². The van der Waals surface area contributed by atoms with Crippen LogP contribution in [0, 0.1) is 11.6 Å². The standard InChI is InChI=1S/C18H11F2NO2/c19-12-6-8-16(20)11(9-12)5-7-13-10-15(18(22)23)14-3-1-2-4-17(14)21-13/h1-10H,(H,22,23)/b7-5+. The minimum atomic E-state index is -1.07. The molecule has 2 aromatic carbocycles. The summed E-state index contributed by atoms with van der Waals surface area (Å²) in [6.45, 7) is 0. The zero-order valence-electron chi connectivity index (χ0n) is 11.8. The van der Waals surface area contributed by atoms with Crippen molar-refractivity contribution in [1.82, 2.24) is 4.98 Å². The predicted molar refractivity (Wildman–Crippen MR) is 84.0 cm³/mol. The van der Waals surface area contributed by atoms with Gasteiger partial charge in [0.1, 0.15) is 11.6 Å². The van der Waals surface area contributed by atoms with Gasteiger partial charge in [-0.05, 0) is 42.5 Å². The second-order valence-electron chi connectivity index (χ2n) is 4.92. The van der Waals surface area contributed by atoms with Crippen molar-refractivity contribution < 1.29 is 18.7 Å². The van der Waals surface area contributed by atoms with E-state index < -0.39 is 17.6 Å². The van der Waals surface area contributed by atoms with Crippen molar-refractivity contribution in [3.05, 3.63) is 77.0 Å². The van der Waals surface area contributed by atoms with Gasteiger partial charge in [-0.1, -0.05) is 18.2 Å². The molecule has 3 rings (SSSR count). The molecule has 1 N–H and O–H groups in total. The van der Waals surface area contributed by atoms with E-state index in [1.54, 1.807) is 24.3 Å². The van der Waals surface area contributed by atoms with Crippen LogP contribution in [0.2, 0.25) is 0 Å². The molecule has 0 aliphatic carbocycles. The number of carbonyl (C=O) groups is 1. The number of hydrogen-bond donors (Lipinski definition) is 1. The van der Waals surface area contributed by atoms with E-state index in [0.29, 0.717) is 16.6 Å². The molecule has 0 spiro atoms. The minimum absolute atomic E-state index is 0.0665. The van der Waals surface area contributed by atoms with Crippen LogP contribution in [0.1, 0.15) is 21.6 Å². The van der Waals surface area contributed by atoms with E-state index in [0.717, 1.165) is 18.2 Å². The van der Waals surface area contributed by atoms with Crippen LogP contribution in [0.25, 0.3) is 23.1 Å². The van der Waals surface area contributed by atoms with E-state index in [4.69, 9.17) is 0 Å². The Bertz CT molecular complexity index is 935. The summed E-state index contributed by atoms with van der Waals surface area (Å²) in [7, 11) is 0. The average Bonchev–Trinajstić information content (AvgIpc) is 2.54. The molecule has 0 aliphatic heterocycles. The van der Waals surface area contributed by atoms with Gasteiger partial charge in [0.2, 0.25) is 0 Å². The number of pyridine rings is 1. The third-order valence-corrected chi connectivity index (χ3v) is 3.36. The van der Waals surface area contributed by atoms with Crippen molar-refractivity contribution >= 4 is 29.0 Å². The number of rotatable bonds is 3. The Kier molecular flexibility index (Phi) is 3.85. The molecule has 3 nitrogen and oxygen atoms in total. The molecule has 0 atom stereocenters. The molecule has 1 aromatic heterocycles. The van der Waals surface area contributed by atoms with Gasteiger partial charge in [-0.2, -0.15) is 0 Å². The zero-order valence-corrected chi connectivity index (χ0v) is 11.8. The molecule has 0 unspecified atom stereocenters. The van der Waals surface area contributed by atoms with Crippen LogP contribution in [-0.2, 0) is 0 Å². The number of para-hydroxylation sites is 1. The highest BCUT2D eigenvalue weighted by molar-refractivity contribution is 6.03. The average molecular weight is 311 g/mol. The summed E-state index contributed by atoms with van der Waals surface area (Å²) in [5.74, 6) is -2.19. The lowest BCUT2D eigenvalue weighted by molar-refractivity contribution is 0.0699. The quantitative estimate of drug-likeness (QED) is 0.781. The summed E-state index contributed by atoms with van der Waals surface area (Å²) in [4.78, 5) is 15.7. The third kappa shape index (κ3) is 3.08. The van der Waals surface area contributed by atoms with Gasteiger partial charge >= 0.3 is 5.97 Å². The number of carboxylic acid groups (broad SMARTS) is 1. The molecule has 114 valence electrons. The molecule has 0 saturated heterocycles. The fourth-order valence-electron chi connectivity index (χ4n) is 2.28. The Labute approximate surface area is 130 Å². The Morgan fingerprint density at radius 3 is 2.61 bits per heavy atom. The minimum Gasteiger partial charge on any atom is -0.478 e. The van der Waals surface area contributed by atoms with E-state index in [1.807, 2.05) is 0 Å². The molecule has 0 aliphatic rings. The van der Waals surface area contributed by atoms with Gasteiger partial charge in [-0.25, -0.2) is 18.6 Å². The van der Waals surface area contributed by atoms with Crippen molar-refractivity contribution in [3.63, 3.8) is 0 Å². The summed E-state index contributed by atoms with van der Waals surface area (Å²) in [5, 5.41) is 9.83. The highest BCUT2D eigenvalue weighted by Crippen LogP contribution is 2.20. The van der Waals surface area contributed by atoms with E-state index in [-0.39, 0.29) is 11.1 Å². The largest absolute Gasteiger partial charge is 0.478 e. The third-order valence-electron chi connectivity index (χ3n) is 3.36. The molecule has 5 heteroatoms. The number of benzene rings is 2. The summed E-state index contributed by atoms with van der Waals surface area (Å²) in [6.07, 6.45) is 2.82. The Morgan fingerprint density at radius 1 is 1.04 bits per heavy atom. The van der Waals surface area contributed by atoms with Crippen LogP contribution in [0.3, 0.4) is 0 Å². The van der Waals surface area contributed by atoms with Crippen LogP contribution in [-0.4, -0.2) is 16.1 Å². The smallest absolute Gasteiger partial charge is 0.336 e. The van der Waals surface area contributed by atoms with Gasteiger partial charge < -0.3 is 5.11 Å². The van der Waals surface area contributed by atoms with E-state index in [1.165, 1.54) is 18.2 Å². The molecular formula is C18H11F2NO2. The Hall–Kier alpha value is -3.08. The maximum Gasteiger partial charge on any atom is 0.336 e. The van der Waals surface area contributed by atoms with Crippen LogP contribution < -0.4 is 0 Å². The fourth-order valence-corrected chi connectivity index (χ4v) is 2.28. The fraction of sp³-hybridized carbons (Fsp3) is 0. The number of fused-ring (bicyclic) bond motifs is 1. The number of hydrogen-bond acceptors (Lipinski definition) is 2. The summed E-state index contributed by atoms with van der Waals surface area (Å²) < 4.78 is 26.8. The number of aromatic nitrogens is 1. The van der Waals surface area contributed by atoms with Crippen molar-refractivity contribution in [2.45, 2.75) is 0 Å². The molecule has 0 fully saturated rings. The first-order valence-corrected chi connectivity index (χ1v) is 6.81. The van der Waals surface area contributed by atoms with Gasteiger partial charge in [-0.15, -0.1) is 0 Å². The number of halogens is 2. The normalized spacial score (nSPS) is 11.2. The second kappa shape index (κ2) is 5.96. The molecule has 0 bridgehead atoms. The number of carboxylic acids is 1. The van der Waals surface area contributed by atoms with Crippen LogP contribution in [0.15, 0.2) is 48.5 Å². The van der Waals surface area contributed by atoms with Crippen LogP contribution >= 0.6 is 0 Å². The van der Waals surface area contributed by atoms with E-state index in [2.05, 4.69) is 4.98 Å². The molecule has 3 aromatic rings. The van der Waals surface area contributed by atoms with Crippen LogP contribution in [0.5, 0.6) is 0 Å². The maximum absolute atomic E-state index is 13.6. The molecule has 1 heterocycles. The van der Waals surface area contributed by atoms with Gasteiger partial charge in [0.15, 0.2) is 0 Å². The number of nitrogens with zero attached hydrogens (tertiary/aromatic N) is 1. The first kappa shape index (κ1) is 14.8. The van der Waals surface area contributed by atoms with Crippen molar-refractivity contribution in [3.8, 4) is 0 Å². The first-order chi connectivity index (χ1) is 11.0. The maximum atomic E-state index is 13.6. The van der Waals surface area contributed by atoms with Crippen LogP contribution in [0.4, 0.5) is 8.78 Å². The predicted octanol–water partition coefficient (Wildman–Crippen LogP) is 4.38. The van der Waals surface area contributed by atoms with Gasteiger partial charge in [-0.3, -0.25) is 0 Å². The summed E-state index contributed by atoms with van der Waals surface area (Å²) >= 11 is 0. The van der Waals surface area contributed by atoms with E-state index >= 15 is 0 Å². The lowest BCUT2D eigenvalue weighted by atomic mass is 10.1. The highest BCUT2D eigenvalue weighted by atomic mass is 19.1. The number of aromatic carboxylic acids is 1. The van der Waals surface area contributed by atoms with E-state index in [9.17, 15) is 18.7 Å². The SMILES string of the molecule is O=C(O)c1cc(/C=C/c2cc(F)ccc2F)nc2ccccc12. The Balaban J connectivity index is 2.08. The second-order valence-corrected chi connectivity index (χ2v) is 4.92. The van der Waals surface area contributed by atoms with Crippen molar-refractivity contribution in [2.75, 3.05) is 0 Å². The molecule has 23 heavy (non-hydrogen) atoms. The zero-order chi connectivity index (χ0) is 16.4. The molecule has 0 radical (unpaired) electrons. The topological polar surface area (TPSA) is 50.2 Å². The Morgan fingerprint density at radius 2 is 1.83 bits per heavy atom. The summed E-state index contributed by atoms with van der Waals surface area (Å²) in [5.41, 5.74) is 1.04. The van der Waals surface area contributed by atoms with Gasteiger partial charge in [0.25, 0.3) is 0 Å². The lowest BCUT2D eigenvalue weighted by Crippen LogP contribution is -2.00.